The molecule has 0 aliphatic rings. The van der Waals surface area contributed by atoms with Crippen molar-refractivity contribution in [3.8, 4) is 0 Å². The van der Waals surface area contributed by atoms with Crippen molar-refractivity contribution < 1.29 is 32.6 Å². The summed E-state index contributed by atoms with van der Waals surface area (Å²) < 4.78 is 44.7. The van der Waals surface area contributed by atoms with Crippen molar-refractivity contribution in [1.82, 2.24) is 4.90 Å². The maximum absolute atomic E-state index is 11.9. The molecular weight excluding hydrogens is 283 g/mol. The highest BCUT2D eigenvalue weighted by molar-refractivity contribution is 5.81. The van der Waals surface area contributed by atoms with E-state index in [1.165, 1.54) is 12.0 Å². The molecule has 0 saturated carbocycles. The number of ether oxygens (including phenoxy) is 2. The highest BCUT2D eigenvalue weighted by atomic mass is 19.4. The molecule has 0 aliphatic heterocycles. The van der Waals surface area contributed by atoms with Crippen LogP contribution in [0.15, 0.2) is 5.16 Å². The summed E-state index contributed by atoms with van der Waals surface area (Å²) in [6.45, 7) is -1.71. The summed E-state index contributed by atoms with van der Waals surface area (Å²) in [6.07, 6.45) is -4.39. The Kier molecular flexibility index (Phi) is 8.64. The van der Waals surface area contributed by atoms with Crippen molar-refractivity contribution in [2.75, 3.05) is 40.0 Å². The minimum atomic E-state index is -4.48. The number of nitrogens with zero attached hydrogens (tertiary/aromatic N) is 2. The molecule has 118 valence electrons. The summed E-state index contributed by atoms with van der Waals surface area (Å²) in [7, 11) is 1.42. The smallest absolute Gasteiger partial charge is 0.409 e. The van der Waals surface area contributed by atoms with E-state index in [9.17, 15) is 18.0 Å². The lowest BCUT2D eigenvalue weighted by Crippen LogP contribution is -2.39. The molecule has 0 atom stereocenters. The van der Waals surface area contributed by atoms with E-state index in [-0.39, 0.29) is 32.0 Å². The van der Waals surface area contributed by atoms with E-state index in [1.54, 1.807) is 0 Å². The van der Waals surface area contributed by atoms with Crippen LogP contribution < -0.4 is 5.73 Å². The first-order chi connectivity index (χ1) is 9.30. The van der Waals surface area contributed by atoms with Crippen LogP contribution in [0, 0.1) is 0 Å². The van der Waals surface area contributed by atoms with Crippen LogP contribution in [0.1, 0.15) is 6.42 Å². The zero-order chi connectivity index (χ0) is 15.6. The number of rotatable bonds is 9. The molecule has 0 saturated heterocycles. The molecule has 0 radical (unpaired) electrons. The van der Waals surface area contributed by atoms with Crippen LogP contribution in [0.5, 0.6) is 0 Å². The second kappa shape index (κ2) is 9.37. The number of hydrogen-bond acceptors (Lipinski definition) is 5. The Hall–Kier alpha value is -1.55. The molecule has 0 aromatic carbocycles. The van der Waals surface area contributed by atoms with Gasteiger partial charge in [-0.15, -0.1) is 0 Å². The predicted molar refractivity (Wildman–Crippen MR) is 63.4 cm³/mol. The van der Waals surface area contributed by atoms with Gasteiger partial charge in [0.15, 0.2) is 0 Å². The minimum absolute atomic E-state index is 0.0866. The van der Waals surface area contributed by atoms with E-state index in [2.05, 4.69) is 9.89 Å². The lowest BCUT2D eigenvalue weighted by Gasteiger charge is -2.22. The topological polar surface area (TPSA) is 97.4 Å². The largest absolute Gasteiger partial charge is 0.411 e. The molecule has 0 spiro atoms. The van der Waals surface area contributed by atoms with Gasteiger partial charge in [0.1, 0.15) is 19.0 Å². The molecule has 0 aliphatic carbocycles. The fourth-order valence-electron chi connectivity index (χ4n) is 1.21. The van der Waals surface area contributed by atoms with Gasteiger partial charge < -0.3 is 25.3 Å². The van der Waals surface area contributed by atoms with Crippen molar-refractivity contribution in [2.24, 2.45) is 10.9 Å². The lowest BCUT2D eigenvalue weighted by molar-refractivity contribution is -0.177. The zero-order valence-electron chi connectivity index (χ0n) is 11.0. The quantitative estimate of drug-likeness (QED) is 0.274. The number of alkyl halides is 3. The van der Waals surface area contributed by atoms with Gasteiger partial charge in [-0.3, -0.25) is 4.79 Å². The van der Waals surface area contributed by atoms with Gasteiger partial charge in [0, 0.05) is 26.6 Å². The summed E-state index contributed by atoms with van der Waals surface area (Å²) in [5.74, 6) is -0.714. The Bertz CT molecular complexity index is 323. The van der Waals surface area contributed by atoms with Gasteiger partial charge in [0.2, 0.25) is 5.91 Å². The van der Waals surface area contributed by atoms with Crippen molar-refractivity contribution >= 4 is 11.7 Å². The number of amidine groups is 1. The molecule has 0 fully saturated rings. The van der Waals surface area contributed by atoms with Crippen molar-refractivity contribution in [1.29, 1.82) is 0 Å². The van der Waals surface area contributed by atoms with Crippen LogP contribution >= 0.6 is 0 Å². The van der Waals surface area contributed by atoms with Crippen LogP contribution in [-0.4, -0.2) is 68.0 Å². The van der Waals surface area contributed by atoms with E-state index in [0.717, 1.165) is 0 Å². The number of hydrogen-bond donors (Lipinski definition) is 2. The monoisotopic (exact) mass is 301 g/mol. The molecule has 0 bridgehead atoms. The molecule has 20 heavy (non-hydrogen) atoms. The summed E-state index contributed by atoms with van der Waals surface area (Å²) in [5.41, 5.74) is 5.26. The third kappa shape index (κ3) is 9.39. The summed E-state index contributed by atoms with van der Waals surface area (Å²) in [4.78, 5) is 12.9. The molecule has 0 unspecified atom stereocenters. The van der Waals surface area contributed by atoms with Crippen LogP contribution in [0.4, 0.5) is 13.2 Å². The molecule has 3 N–H and O–H groups in total. The average Bonchev–Trinajstić information content (AvgIpc) is 2.36. The first-order valence-corrected chi connectivity index (χ1v) is 5.67. The number of halogens is 3. The second-order valence-electron chi connectivity index (χ2n) is 3.82. The highest BCUT2D eigenvalue weighted by Crippen LogP contribution is 2.14. The van der Waals surface area contributed by atoms with Gasteiger partial charge >= 0.3 is 6.18 Å². The molecular formula is C10H18F3N3O4. The van der Waals surface area contributed by atoms with Gasteiger partial charge in [-0.1, -0.05) is 5.16 Å². The Morgan fingerprint density at radius 1 is 1.40 bits per heavy atom. The average molecular weight is 301 g/mol. The zero-order valence-corrected chi connectivity index (χ0v) is 11.0. The maximum atomic E-state index is 11.9. The fourth-order valence-corrected chi connectivity index (χ4v) is 1.21. The van der Waals surface area contributed by atoms with Crippen LogP contribution in [0.2, 0.25) is 0 Å². The van der Waals surface area contributed by atoms with E-state index in [4.69, 9.17) is 15.7 Å². The molecule has 0 aromatic rings. The molecule has 0 rings (SSSR count). The first-order valence-electron chi connectivity index (χ1n) is 5.67. The SMILES string of the molecule is COCCN(CCC(N)=NO)C(=O)COCC(F)(F)F. The van der Waals surface area contributed by atoms with Gasteiger partial charge in [0.25, 0.3) is 0 Å². The number of carbonyl (C=O) groups is 1. The van der Waals surface area contributed by atoms with Crippen LogP contribution in [-0.2, 0) is 14.3 Å². The Morgan fingerprint density at radius 3 is 2.55 bits per heavy atom. The summed E-state index contributed by atoms with van der Waals surface area (Å²) in [6, 6.07) is 0. The van der Waals surface area contributed by atoms with Gasteiger partial charge in [-0.25, -0.2) is 0 Å². The number of methoxy groups -OCH3 is 1. The van der Waals surface area contributed by atoms with Crippen molar-refractivity contribution in [3.63, 3.8) is 0 Å². The number of nitrogens with two attached hydrogens (primary N) is 1. The fraction of sp³-hybridized carbons (Fsp3) is 0.800. The number of oxime groups is 1. The predicted octanol–water partition coefficient (Wildman–Crippen LogP) is 0.177. The second-order valence-corrected chi connectivity index (χ2v) is 3.82. The minimum Gasteiger partial charge on any atom is -0.409 e. The molecule has 10 heteroatoms. The third-order valence-electron chi connectivity index (χ3n) is 2.18. The Morgan fingerprint density at radius 2 is 2.05 bits per heavy atom. The van der Waals surface area contributed by atoms with Gasteiger partial charge in [-0.05, 0) is 0 Å². The number of carbonyl (C=O) groups excluding carboxylic acids is 1. The van der Waals surface area contributed by atoms with Crippen LogP contribution in [0.3, 0.4) is 0 Å². The van der Waals surface area contributed by atoms with Gasteiger partial charge in [-0.2, -0.15) is 13.2 Å². The van der Waals surface area contributed by atoms with E-state index in [0.29, 0.717) is 0 Å². The highest BCUT2D eigenvalue weighted by Gasteiger charge is 2.28. The molecule has 7 nitrogen and oxygen atoms in total. The lowest BCUT2D eigenvalue weighted by atomic mass is 10.3. The summed E-state index contributed by atoms with van der Waals surface area (Å²) in [5, 5.41) is 11.1. The molecule has 1 amide bonds. The van der Waals surface area contributed by atoms with Gasteiger partial charge in [0.05, 0.1) is 6.61 Å². The van der Waals surface area contributed by atoms with E-state index >= 15 is 0 Å². The Labute approximate surface area is 114 Å². The van der Waals surface area contributed by atoms with Crippen molar-refractivity contribution in [2.45, 2.75) is 12.6 Å². The Balaban J connectivity index is 4.26. The summed E-state index contributed by atoms with van der Waals surface area (Å²) >= 11 is 0. The third-order valence-corrected chi connectivity index (χ3v) is 2.18. The van der Waals surface area contributed by atoms with Crippen LogP contribution in [0.25, 0.3) is 0 Å². The standard InChI is InChI=1S/C10H18F3N3O4/c1-19-5-4-16(3-2-8(14)15-18)9(17)6-20-7-10(11,12)13/h18H,2-7H2,1H3,(H2,14,15). The first kappa shape index (κ1) is 18.4. The normalized spacial score (nSPS) is 12.5. The van der Waals surface area contributed by atoms with E-state index in [1.807, 2.05) is 0 Å². The van der Waals surface area contributed by atoms with E-state index < -0.39 is 25.3 Å². The maximum Gasteiger partial charge on any atom is 0.411 e. The number of amides is 1. The van der Waals surface area contributed by atoms with Crippen molar-refractivity contribution in [3.05, 3.63) is 0 Å². The molecule has 0 aromatic heterocycles. The molecule has 0 heterocycles.